The molecule has 1 aromatic rings. The van der Waals surface area contributed by atoms with Crippen molar-refractivity contribution in [2.75, 3.05) is 18.5 Å². The van der Waals surface area contributed by atoms with Crippen LogP contribution in [0.2, 0.25) is 0 Å². The molecule has 5 nitrogen and oxygen atoms in total. The number of nitrogens with one attached hydrogen (secondary N) is 1. The first-order valence-electron chi connectivity index (χ1n) is 4.97. The van der Waals surface area contributed by atoms with Gasteiger partial charge in [0, 0.05) is 24.5 Å². The van der Waals surface area contributed by atoms with Crippen LogP contribution in [-0.4, -0.2) is 38.3 Å². The minimum atomic E-state index is -1.11. The minimum Gasteiger partial charge on any atom is -0.393 e. The molecular formula is C9H17N3O2S. The Hall–Kier alpha value is -0.720. The van der Waals surface area contributed by atoms with Crippen molar-refractivity contribution in [3.63, 3.8) is 0 Å². The predicted molar refractivity (Wildman–Crippen MR) is 60.1 cm³/mol. The Balaban J connectivity index is 2.44. The van der Waals surface area contributed by atoms with Gasteiger partial charge in [0.05, 0.1) is 6.61 Å². The lowest BCUT2D eigenvalue weighted by Gasteiger charge is -2.19. The Morgan fingerprint density at radius 2 is 2.27 bits per heavy atom. The molecule has 0 saturated heterocycles. The van der Waals surface area contributed by atoms with Crippen LogP contribution in [0.15, 0.2) is 0 Å². The van der Waals surface area contributed by atoms with E-state index in [0.29, 0.717) is 5.13 Å². The summed E-state index contributed by atoms with van der Waals surface area (Å²) in [5.41, 5.74) is -1.11. The molecule has 0 amide bonds. The van der Waals surface area contributed by atoms with Crippen molar-refractivity contribution in [3.05, 3.63) is 5.82 Å². The van der Waals surface area contributed by atoms with Crippen LogP contribution in [0, 0.1) is 0 Å². The maximum Gasteiger partial charge on any atom is 0.202 e. The molecule has 1 atom stereocenters. The zero-order valence-corrected chi connectivity index (χ0v) is 9.84. The zero-order chi connectivity index (χ0) is 11.3. The van der Waals surface area contributed by atoms with Crippen LogP contribution in [0.5, 0.6) is 0 Å². The van der Waals surface area contributed by atoms with Crippen LogP contribution in [0.25, 0.3) is 0 Å². The number of rotatable bonds is 6. The molecule has 0 saturated carbocycles. The molecule has 1 aromatic heterocycles. The Bertz CT molecular complexity index is 301. The second-order valence-corrected chi connectivity index (χ2v) is 4.53. The molecule has 3 N–H and O–H groups in total. The van der Waals surface area contributed by atoms with E-state index in [-0.39, 0.29) is 13.2 Å². The number of hydrogen-bond acceptors (Lipinski definition) is 6. The van der Waals surface area contributed by atoms with Gasteiger partial charge in [-0.15, -0.1) is 0 Å². The first kappa shape index (κ1) is 12.4. The lowest BCUT2D eigenvalue weighted by molar-refractivity contribution is 0.0132. The third-order valence-corrected chi connectivity index (χ3v) is 2.61. The lowest BCUT2D eigenvalue weighted by atomic mass is 10.1. The summed E-state index contributed by atoms with van der Waals surface area (Å²) in [5, 5.41) is 22.0. The van der Waals surface area contributed by atoms with Gasteiger partial charge >= 0.3 is 0 Å². The molecule has 1 heterocycles. The molecule has 0 aliphatic carbocycles. The van der Waals surface area contributed by atoms with Gasteiger partial charge in [0.1, 0.15) is 11.4 Å². The Morgan fingerprint density at radius 1 is 1.53 bits per heavy atom. The molecule has 0 aromatic carbocycles. The fraction of sp³-hybridized carbons (Fsp3) is 0.778. The molecule has 1 unspecified atom stereocenters. The van der Waals surface area contributed by atoms with Crippen LogP contribution in [0.4, 0.5) is 5.13 Å². The summed E-state index contributed by atoms with van der Waals surface area (Å²) >= 11 is 1.28. The maximum absolute atomic E-state index is 9.54. The number of anilines is 1. The summed E-state index contributed by atoms with van der Waals surface area (Å²) in [6.07, 6.45) is 1.89. The monoisotopic (exact) mass is 231 g/mol. The van der Waals surface area contributed by atoms with Gasteiger partial charge in [-0.3, -0.25) is 0 Å². The standard InChI is InChI=1S/C9H17N3O2S/c1-3-4-7-11-8(15-12-7)10-5-9(2,14)6-13/h13-14H,3-6H2,1-2H3,(H,10,11,12). The van der Waals surface area contributed by atoms with Gasteiger partial charge in [-0.25, -0.2) is 4.98 Å². The second-order valence-electron chi connectivity index (χ2n) is 3.77. The van der Waals surface area contributed by atoms with Crippen LogP contribution < -0.4 is 5.32 Å². The number of aliphatic hydroxyl groups is 2. The first-order valence-corrected chi connectivity index (χ1v) is 5.74. The number of hydrogen-bond donors (Lipinski definition) is 3. The molecule has 1 rings (SSSR count). The predicted octanol–water partition coefficient (Wildman–Crippen LogP) is 0.646. The maximum atomic E-state index is 9.54. The van der Waals surface area contributed by atoms with Gasteiger partial charge in [-0.1, -0.05) is 6.92 Å². The molecular weight excluding hydrogens is 214 g/mol. The Morgan fingerprint density at radius 3 is 2.87 bits per heavy atom. The third kappa shape index (κ3) is 4.11. The van der Waals surface area contributed by atoms with Crippen molar-refractivity contribution in [3.8, 4) is 0 Å². The Labute approximate surface area is 93.3 Å². The first-order chi connectivity index (χ1) is 7.07. The van der Waals surface area contributed by atoms with E-state index in [1.165, 1.54) is 11.5 Å². The highest BCUT2D eigenvalue weighted by Gasteiger charge is 2.19. The van der Waals surface area contributed by atoms with Gasteiger partial charge in [0.25, 0.3) is 0 Å². The highest BCUT2D eigenvalue weighted by Crippen LogP contribution is 2.13. The van der Waals surface area contributed by atoms with E-state index in [1.54, 1.807) is 6.92 Å². The van der Waals surface area contributed by atoms with E-state index in [9.17, 15) is 5.11 Å². The molecule has 86 valence electrons. The van der Waals surface area contributed by atoms with Gasteiger partial charge in [-0.05, 0) is 13.3 Å². The summed E-state index contributed by atoms with van der Waals surface area (Å²) in [6, 6.07) is 0. The van der Waals surface area contributed by atoms with Crippen molar-refractivity contribution in [2.24, 2.45) is 0 Å². The second kappa shape index (κ2) is 5.39. The summed E-state index contributed by atoms with van der Waals surface area (Å²) in [5.74, 6) is 0.827. The quantitative estimate of drug-likeness (QED) is 0.670. The summed E-state index contributed by atoms with van der Waals surface area (Å²) < 4.78 is 4.16. The number of aliphatic hydroxyl groups excluding tert-OH is 1. The van der Waals surface area contributed by atoms with Crippen molar-refractivity contribution < 1.29 is 10.2 Å². The van der Waals surface area contributed by atoms with Gasteiger partial charge in [0.15, 0.2) is 0 Å². The fourth-order valence-corrected chi connectivity index (χ4v) is 1.58. The molecule has 0 aliphatic heterocycles. The van der Waals surface area contributed by atoms with E-state index in [4.69, 9.17) is 5.11 Å². The van der Waals surface area contributed by atoms with E-state index in [1.807, 2.05) is 0 Å². The summed E-state index contributed by atoms with van der Waals surface area (Å²) in [7, 11) is 0. The number of nitrogens with zero attached hydrogens (tertiary/aromatic N) is 2. The van der Waals surface area contributed by atoms with E-state index < -0.39 is 5.60 Å². The minimum absolute atomic E-state index is 0.268. The average Bonchev–Trinajstić information content (AvgIpc) is 2.64. The van der Waals surface area contributed by atoms with Crippen LogP contribution in [-0.2, 0) is 6.42 Å². The lowest BCUT2D eigenvalue weighted by Crippen LogP contribution is -2.37. The highest BCUT2D eigenvalue weighted by atomic mass is 32.1. The molecule has 15 heavy (non-hydrogen) atoms. The zero-order valence-electron chi connectivity index (χ0n) is 9.03. The SMILES string of the molecule is CCCc1nsc(NCC(C)(O)CO)n1. The van der Waals surface area contributed by atoms with Crippen LogP contribution in [0.3, 0.4) is 0 Å². The third-order valence-electron chi connectivity index (χ3n) is 1.90. The molecule has 0 radical (unpaired) electrons. The molecule has 0 spiro atoms. The molecule has 6 heteroatoms. The highest BCUT2D eigenvalue weighted by molar-refractivity contribution is 7.09. The van der Waals surface area contributed by atoms with Crippen molar-refractivity contribution in [1.82, 2.24) is 9.36 Å². The molecule has 0 fully saturated rings. The van der Waals surface area contributed by atoms with Crippen LogP contribution in [0.1, 0.15) is 26.1 Å². The topological polar surface area (TPSA) is 78.3 Å². The normalized spacial score (nSPS) is 14.9. The van der Waals surface area contributed by atoms with Crippen molar-refractivity contribution >= 4 is 16.7 Å². The van der Waals surface area contributed by atoms with Crippen molar-refractivity contribution in [1.29, 1.82) is 0 Å². The average molecular weight is 231 g/mol. The fourth-order valence-electron chi connectivity index (χ4n) is 0.973. The number of aryl methyl sites for hydroxylation is 1. The van der Waals surface area contributed by atoms with Crippen molar-refractivity contribution in [2.45, 2.75) is 32.3 Å². The summed E-state index contributed by atoms with van der Waals surface area (Å²) in [6.45, 7) is 3.63. The van der Waals surface area contributed by atoms with Gasteiger partial charge < -0.3 is 15.5 Å². The van der Waals surface area contributed by atoms with E-state index >= 15 is 0 Å². The molecule has 0 bridgehead atoms. The van der Waals surface area contributed by atoms with Gasteiger partial charge in [-0.2, -0.15) is 4.37 Å². The van der Waals surface area contributed by atoms with E-state index in [2.05, 4.69) is 21.6 Å². The smallest absolute Gasteiger partial charge is 0.202 e. The Kier molecular flexibility index (Phi) is 4.44. The van der Waals surface area contributed by atoms with Gasteiger partial charge in [0.2, 0.25) is 5.13 Å². The van der Waals surface area contributed by atoms with Crippen LogP contribution >= 0.6 is 11.5 Å². The number of aromatic nitrogens is 2. The summed E-state index contributed by atoms with van der Waals surface area (Å²) in [4.78, 5) is 4.24. The largest absolute Gasteiger partial charge is 0.393 e. The van der Waals surface area contributed by atoms with E-state index in [0.717, 1.165) is 18.7 Å². The molecule has 0 aliphatic rings.